The normalized spacial score (nSPS) is 14.0. The molecule has 6 heteroatoms. The lowest BCUT2D eigenvalue weighted by atomic mass is 10.1. The maximum absolute atomic E-state index is 11.0. The van der Waals surface area contributed by atoms with E-state index in [-0.39, 0.29) is 11.8 Å². The summed E-state index contributed by atoms with van der Waals surface area (Å²) >= 11 is 0. The van der Waals surface area contributed by atoms with Crippen LogP contribution in [-0.2, 0) is 7.05 Å². The summed E-state index contributed by atoms with van der Waals surface area (Å²) in [6.45, 7) is 0. The average molecular weight is 288 g/mol. The van der Waals surface area contributed by atoms with E-state index in [0.29, 0.717) is 11.5 Å². The van der Waals surface area contributed by atoms with Crippen molar-refractivity contribution in [2.24, 2.45) is 7.05 Å². The smallest absolute Gasteiger partial charge is 0.356 e. The van der Waals surface area contributed by atoms with E-state index in [0.717, 1.165) is 24.1 Å². The first-order chi connectivity index (χ1) is 10.1. The number of aryl methyl sites for hydroxylation is 1. The number of hydrogen-bond donors (Lipinski definition) is 1. The lowest BCUT2D eigenvalue weighted by Gasteiger charge is -2.11. The number of benzene rings is 1. The summed E-state index contributed by atoms with van der Waals surface area (Å²) in [6.07, 6.45) is 2.38. The van der Waals surface area contributed by atoms with E-state index < -0.39 is 5.97 Å². The molecule has 110 valence electrons. The van der Waals surface area contributed by atoms with Crippen LogP contribution in [0.4, 0.5) is 0 Å². The Hall–Kier alpha value is -2.50. The molecular weight excluding hydrogens is 272 g/mol. The Bertz CT molecular complexity index is 689. The predicted molar refractivity (Wildman–Crippen MR) is 75.8 cm³/mol. The topological polar surface area (TPSA) is 73.6 Å². The van der Waals surface area contributed by atoms with Crippen LogP contribution in [0.15, 0.2) is 24.3 Å². The molecule has 0 bridgehead atoms. The van der Waals surface area contributed by atoms with Gasteiger partial charge in [0.25, 0.3) is 0 Å². The number of aromatic nitrogens is 2. The van der Waals surface area contributed by atoms with Crippen molar-refractivity contribution in [2.75, 3.05) is 7.11 Å². The Labute approximate surface area is 121 Å². The summed E-state index contributed by atoms with van der Waals surface area (Å²) in [7, 11) is 3.31. The maximum Gasteiger partial charge on any atom is 0.356 e. The van der Waals surface area contributed by atoms with Crippen molar-refractivity contribution in [3.8, 4) is 22.8 Å². The highest BCUT2D eigenvalue weighted by molar-refractivity contribution is 5.87. The van der Waals surface area contributed by atoms with Gasteiger partial charge < -0.3 is 14.6 Å². The maximum atomic E-state index is 11.0. The number of aromatic carboxylic acids is 1. The van der Waals surface area contributed by atoms with Gasteiger partial charge in [0, 0.05) is 12.6 Å². The third kappa shape index (κ3) is 2.69. The fourth-order valence-electron chi connectivity index (χ4n) is 2.14. The molecule has 1 aliphatic carbocycles. The first-order valence-corrected chi connectivity index (χ1v) is 6.71. The predicted octanol–water partition coefficient (Wildman–Crippen LogP) is 2.34. The second kappa shape index (κ2) is 5.12. The third-order valence-corrected chi connectivity index (χ3v) is 3.38. The molecule has 0 aliphatic heterocycles. The first kappa shape index (κ1) is 13.5. The average Bonchev–Trinajstić information content (AvgIpc) is 3.18. The van der Waals surface area contributed by atoms with Crippen LogP contribution in [0.2, 0.25) is 0 Å². The van der Waals surface area contributed by atoms with Gasteiger partial charge in [0.2, 0.25) is 0 Å². The Morgan fingerprint density at radius 3 is 2.67 bits per heavy atom. The van der Waals surface area contributed by atoms with E-state index in [1.165, 1.54) is 0 Å². The molecule has 3 rings (SSSR count). The van der Waals surface area contributed by atoms with Crippen LogP contribution in [0.1, 0.15) is 23.3 Å². The van der Waals surface area contributed by atoms with Gasteiger partial charge in [-0.3, -0.25) is 4.68 Å². The number of carbonyl (C=O) groups is 1. The molecule has 0 saturated heterocycles. The van der Waals surface area contributed by atoms with Gasteiger partial charge in [-0.15, -0.1) is 0 Å². The SMILES string of the molecule is COc1ccc(-c2cc(C(=O)O)nn2C)cc1OC1CC1. The highest BCUT2D eigenvalue weighted by Crippen LogP contribution is 2.36. The number of nitrogens with zero attached hydrogens (tertiary/aromatic N) is 2. The summed E-state index contributed by atoms with van der Waals surface area (Å²) < 4.78 is 12.7. The highest BCUT2D eigenvalue weighted by atomic mass is 16.5. The lowest BCUT2D eigenvalue weighted by Crippen LogP contribution is -2.00. The molecule has 0 radical (unpaired) electrons. The minimum atomic E-state index is -1.04. The van der Waals surface area contributed by atoms with E-state index in [4.69, 9.17) is 14.6 Å². The van der Waals surface area contributed by atoms with E-state index in [1.54, 1.807) is 24.9 Å². The summed E-state index contributed by atoms with van der Waals surface area (Å²) in [5.41, 5.74) is 1.58. The Morgan fingerprint density at radius 1 is 1.33 bits per heavy atom. The summed E-state index contributed by atoms with van der Waals surface area (Å²) in [4.78, 5) is 11.0. The molecule has 0 unspecified atom stereocenters. The van der Waals surface area contributed by atoms with Crippen molar-refractivity contribution in [3.05, 3.63) is 30.0 Å². The first-order valence-electron chi connectivity index (χ1n) is 6.71. The largest absolute Gasteiger partial charge is 0.493 e. The zero-order valence-electron chi connectivity index (χ0n) is 11.9. The summed E-state index contributed by atoms with van der Waals surface area (Å²) in [5, 5.41) is 13.0. The molecule has 6 nitrogen and oxygen atoms in total. The van der Waals surface area contributed by atoms with E-state index >= 15 is 0 Å². The minimum absolute atomic E-state index is 0.0213. The summed E-state index contributed by atoms with van der Waals surface area (Å²) in [5.74, 6) is 0.307. The lowest BCUT2D eigenvalue weighted by molar-refractivity contribution is 0.0689. The number of hydrogen-bond acceptors (Lipinski definition) is 4. The molecule has 1 fully saturated rings. The van der Waals surface area contributed by atoms with Crippen molar-refractivity contribution in [3.63, 3.8) is 0 Å². The second-order valence-electron chi connectivity index (χ2n) is 5.03. The Balaban J connectivity index is 1.99. The second-order valence-corrected chi connectivity index (χ2v) is 5.03. The number of carboxylic acids is 1. The fourth-order valence-corrected chi connectivity index (χ4v) is 2.14. The van der Waals surface area contributed by atoms with E-state index in [2.05, 4.69) is 5.10 Å². The van der Waals surface area contributed by atoms with Crippen LogP contribution in [0.5, 0.6) is 11.5 Å². The van der Waals surface area contributed by atoms with Crippen molar-refractivity contribution >= 4 is 5.97 Å². The van der Waals surface area contributed by atoms with Gasteiger partial charge in [-0.05, 0) is 37.1 Å². The van der Waals surface area contributed by atoms with E-state index in [1.807, 2.05) is 18.2 Å². The van der Waals surface area contributed by atoms with Crippen LogP contribution in [0.3, 0.4) is 0 Å². The quantitative estimate of drug-likeness (QED) is 0.914. The molecule has 1 aliphatic rings. The van der Waals surface area contributed by atoms with Crippen molar-refractivity contribution in [1.29, 1.82) is 0 Å². The summed E-state index contributed by atoms with van der Waals surface area (Å²) in [6, 6.07) is 7.09. The van der Waals surface area contributed by atoms with Crippen LogP contribution in [0.25, 0.3) is 11.3 Å². The third-order valence-electron chi connectivity index (χ3n) is 3.38. The van der Waals surface area contributed by atoms with Gasteiger partial charge >= 0.3 is 5.97 Å². The van der Waals surface area contributed by atoms with Gasteiger partial charge in [0.15, 0.2) is 17.2 Å². The van der Waals surface area contributed by atoms with E-state index in [9.17, 15) is 4.79 Å². The van der Waals surface area contributed by atoms with Gasteiger partial charge in [-0.2, -0.15) is 5.10 Å². The molecule has 1 aromatic heterocycles. The monoisotopic (exact) mass is 288 g/mol. The van der Waals surface area contributed by atoms with Crippen molar-refractivity contribution in [2.45, 2.75) is 18.9 Å². The minimum Gasteiger partial charge on any atom is -0.493 e. The Morgan fingerprint density at radius 2 is 2.10 bits per heavy atom. The number of ether oxygens (including phenoxy) is 2. The van der Waals surface area contributed by atoms with Gasteiger partial charge in [0.05, 0.1) is 18.9 Å². The molecule has 0 spiro atoms. The molecule has 1 saturated carbocycles. The van der Waals surface area contributed by atoms with Gasteiger partial charge in [0.1, 0.15) is 0 Å². The molecule has 2 aromatic rings. The zero-order valence-corrected chi connectivity index (χ0v) is 11.9. The van der Waals surface area contributed by atoms with Crippen LogP contribution in [-0.4, -0.2) is 34.1 Å². The van der Waals surface area contributed by atoms with Crippen LogP contribution in [0, 0.1) is 0 Å². The molecule has 0 atom stereocenters. The van der Waals surface area contributed by atoms with Gasteiger partial charge in [-0.25, -0.2) is 4.79 Å². The standard InChI is InChI=1S/C15H16N2O4/c1-17-12(8-11(16-17)15(18)19)9-3-6-13(20-2)14(7-9)21-10-4-5-10/h3,6-8,10H,4-5H2,1-2H3,(H,18,19). The molecule has 1 aromatic carbocycles. The van der Waals surface area contributed by atoms with Crippen molar-refractivity contribution < 1.29 is 19.4 Å². The highest BCUT2D eigenvalue weighted by Gasteiger charge is 2.25. The molecular formula is C15H16N2O4. The van der Waals surface area contributed by atoms with Crippen LogP contribution >= 0.6 is 0 Å². The number of methoxy groups -OCH3 is 1. The zero-order chi connectivity index (χ0) is 15.0. The molecule has 21 heavy (non-hydrogen) atoms. The van der Waals surface area contributed by atoms with Crippen LogP contribution < -0.4 is 9.47 Å². The van der Waals surface area contributed by atoms with Gasteiger partial charge in [-0.1, -0.05) is 0 Å². The molecule has 0 amide bonds. The fraction of sp³-hybridized carbons (Fsp3) is 0.333. The Kier molecular flexibility index (Phi) is 3.29. The number of carboxylic acid groups (broad SMARTS) is 1. The molecule has 1 N–H and O–H groups in total. The number of rotatable bonds is 5. The molecule has 1 heterocycles. The van der Waals surface area contributed by atoms with Crippen molar-refractivity contribution in [1.82, 2.24) is 9.78 Å².